The Labute approximate surface area is 300 Å². The van der Waals surface area contributed by atoms with E-state index in [1.807, 2.05) is 85.0 Å². The van der Waals surface area contributed by atoms with Gasteiger partial charge in [0.2, 0.25) is 0 Å². The number of hydrogen-bond donors (Lipinski definition) is 1. The van der Waals surface area contributed by atoms with Gasteiger partial charge in [0.25, 0.3) is 0 Å². The van der Waals surface area contributed by atoms with Crippen LogP contribution in [0.5, 0.6) is 0 Å². The van der Waals surface area contributed by atoms with Crippen LogP contribution in [0.2, 0.25) is 0 Å². The molecular weight excluding hydrogens is 641 g/mol. The summed E-state index contributed by atoms with van der Waals surface area (Å²) in [5, 5.41) is 3.82. The van der Waals surface area contributed by atoms with Gasteiger partial charge in [-0.3, -0.25) is 0 Å². The third-order valence-electron chi connectivity index (χ3n) is 9.76. The van der Waals surface area contributed by atoms with Gasteiger partial charge >= 0.3 is 0 Å². The first kappa shape index (κ1) is 31.2. The predicted octanol–water partition coefficient (Wildman–Crippen LogP) is 9.71. The van der Waals surface area contributed by atoms with Crippen molar-refractivity contribution in [2.75, 3.05) is 0 Å². The molecule has 7 aromatic rings. The summed E-state index contributed by atoms with van der Waals surface area (Å²) in [4.78, 5) is 35.0. The molecule has 52 heavy (non-hydrogen) atoms. The van der Waals surface area contributed by atoms with Crippen LogP contribution in [0.3, 0.4) is 0 Å². The zero-order valence-corrected chi connectivity index (χ0v) is 28.6. The molecule has 3 aromatic heterocycles. The Morgan fingerprint density at radius 3 is 1.50 bits per heavy atom. The Hall–Kier alpha value is -6.80. The van der Waals surface area contributed by atoms with Gasteiger partial charge in [0, 0.05) is 50.3 Å². The maximum absolute atomic E-state index is 5.30. The number of benzene rings is 4. The summed E-state index contributed by atoms with van der Waals surface area (Å²) in [6, 6.07) is 26.6. The van der Waals surface area contributed by atoms with Gasteiger partial charge in [-0.15, -0.1) is 26.3 Å². The molecule has 0 radical (unpaired) electrons. The van der Waals surface area contributed by atoms with Crippen LogP contribution in [0, 0.1) is 0 Å². The van der Waals surface area contributed by atoms with E-state index in [0.717, 1.165) is 66.2 Å². The smallest absolute Gasteiger partial charge is 0.164 e. The molecular formula is C44H34N8. The largest absolute Gasteiger partial charge is 0.324 e. The van der Waals surface area contributed by atoms with Crippen LogP contribution in [-0.4, -0.2) is 39.5 Å². The van der Waals surface area contributed by atoms with Crippen molar-refractivity contribution in [1.82, 2.24) is 39.5 Å². The van der Waals surface area contributed by atoms with Crippen molar-refractivity contribution in [1.29, 1.82) is 0 Å². The molecule has 8 bridgehead atoms. The van der Waals surface area contributed by atoms with Gasteiger partial charge in [-0.2, -0.15) is 0 Å². The van der Waals surface area contributed by atoms with Crippen molar-refractivity contribution in [3.05, 3.63) is 146 Å². The van der Waals surface area contributed by atoms with Crippen molar-refractivity contribution >= 4 is 44.1 Å². The van der Waals surface area contributed by atoms with Gasteiger partial charge in [-0.05, 0) is 42.0 Å². The molecule has 250 valence electrons. The van der Waals surface area contributed by atoms with Crippen LogP contribution in [-0.2, 0) is 25.8 Å². The lowest BCUT2D eigenvalue weighted by molar-refractivity contribution is 0.872. The molecule has 0 atom stereocenters. The molecule has 0 fully saturated rings. The fourth-order valence-corrected chi connectivity index (χ4v) is 7.57. The zero-order valence-electron chi connectivity index (χ0n) is 28.6. The monoisotopic (exact) mass is 674 g/mol. The first-order valence-electron chi connectivity index (χ1n) is 17.3. The molecule has 2 aliphatic heterocycles. The van der Waals surface area contributed by atoms with E-state index in [9.17, 15) is 0 Å². The predicted molar refractivity (Wildman–Crippen MR) is 212 cm³/mol. The van der Waals surface area contributed by atoms with E-state index in [2.05, 4.69) is 54.1 Å². The number of allylic oxidation sites excluding steroid dienone is 4. The van der Waals surface area contributed by atoms with Gasteiger partial charge < -0.3 is 9.55 Å². The molecule has 0 saturated carbocycles. The standard InChI is InChI=1S/C44H34N8/c1-5-15-26-25-35-36(28(17-7-3)27(26)16-6-2)42-48-38-30-19-10-12-21-32(30)40(46-38)51-44-34-23-14-13-22-33(34)43(52(44)24-8-4)50-39-31-20-11-9-18-29(31)37(45-39)47-41(35)49-42/h5-14,18-23,25H,1-4,15-17,24H2,(H,45,46,47,48,49,50,51). The second-order valence-corrected chi connectivity index (χ2v) is 12.9. The maximum Gasteiger partial charge on any atom is 0.164 e. The van der Waals surface area contributed by atoms with Crippen LogP contribution in [0.15, 0.2) is 129 Å². The first-order chi connectivity index (χ1) is 25.6. The molecule has 4 aromatic carbocycles. The van der Waals surface area contributed by atoms with Gasteiger partial charge in [0.1, 0.15) is 22.6 Å². The lowest BCUT2D eigenvalue weighted by Gasteiger charge is -2.14. The highest BCUT2D eigenvalue weighted by atomic mass is 15.1. The number of fused-ring (bicyclic) bond motifs is 20. The minimum atomic E-state index is 0.485. The third-order valence-corrected chi connectivity index (χ3v) is 9.76. The molecule has 0 unspecified atom stereocenters. The Morgan fingerprint density at radius 2 is 0.981 bits per heavy atom. The van der Waals surface area contributed by atoms with E-state index in [0.29, 0.717) is 60.4 Å². The average Bonchev–Trinajstić information content (AvgIpc) is 3.88. The van der Waals surface area contributed by atoms with Crippen LogP contribution < -0.4 is 0 Å². The Morgan fingerprint density at radius 1 is 0.500 bits per heavy atom. The Kier molecular flexibility index (Phi) is 7.51. The molecule has 1 N–H and O–H groups in total. The van der Waals surface area contributed by atoms with Gasteiger partial charge in [-0.25, -0.2) is 29.9 Å². The number of hydrogen-bond acceptors (Lipinski definition) is 6. The molecule has 0 aliphatic carbocycles. The quantitative estimate of drug-likeness (QED) is 0.161. The molecule has 5 heterocycles. The second kappa shape index (κ2) is 12.5. The Bertz CT molecular complexity index is 2840. The normalized spacial score (nSPS) is 11.7. The molecule has 0 spiro atoms. The summed E-state index contributed by atoms with van der Waals surface area (Å²) < 4.78 is 2.08. The highest BCUT2D eigenvalue weighted by molar-refractivity contribution is 6.08. The van der Waals surface area contributed by atoms with Gasteiger partial charge in [0.15, 0.2) is 23.3 Å². The average molecular weight is 675 g/mol. The van der Waals surface area contributed by atoms with E-state index < -0.39 is 0 Å². The minimum Gasteiger partial charge on any atom is -0.324 e. The summed E-state index contributed by atoms with van der Waals surface area (Å²) in [6.07, 6.45) is 9.70. The van der Waals surface area contributed by atoms with Crippen molar-refractivity contribution < 1.29 is 0 Å². The number of aromatic amines is 1. The number of nitrogens with zero attached hydrogens (tertiary/aromatic N) is 7. The number of H-pyrrole nitrogens is 1. The molecule has 2 aliphatic rings. The fourth-order valence-electron chi connectivity index (χ4n) is 7.57. The van der Waals surface area contributed by atoms with Gasteiger partial charge in [0.05, 0.1) is 0 Å². The highest BCUT2D eigenvalue weighted by Gasteiger charge is 2.24. The molecule has 0 amide bonds. The molecule has 8 heteroatoms. The second-order valence-electron chi connectivity index (χ2n) is 12.9. The highest BCUT2D eigenvalue weighted by Crippen LogP contribution is 2.39. The molecule has 8 nitrogen and oxygen atoms in total. The van der Waals surface area contributed by atoms with Crippen molar-refractivity contribution in [2.45, 2.75) is 25.8 Å². The van der Waals surface area contributed by atoms with Crippen molar-refractivity contribution in [3.8, 4) is 45.6 Å². The summed E-state index contributed by atoms with van der Waals surface area (Å²) >= 11 is 0. The van der Waals surface area contributed by atoms with Crippen LogP contribution in [0.4, 0.5) is 0 Å². The van der Waals surface area contributed by atoms with Crippen molar-refractivity contribution in [3.63, 3.8) is 0 Å². The zero-order chi connectivity index (χ0) is 35.3. The number of rotatable bonds is 8. The van der Waals surface area contributed by atoms with E-state index in [1.54, 1.807) is 0 Å². The number of aromatic nitrogens is 8. The van der Waals surface area contributed by atoms with E-state index >= 15 is 0 Å². The summed E-state index contributed by atoms with van der Waals surface area (Å²) in [6.45, 7) is 16.8. The van der Waals surface area contributed by atoms with Crippen LogP contribution in [0.25, 0.3) is 89.7 Å². The lowest BCUT2D eigenvalue weighted by Crippen LogP contribution is -2.00. The fraction of sp³-hybridized carbons (Fsp3) is 0.0909. The Balaban J connectivity index is 1.54. The summed E-state index contributed by atoms with van der Waals surface area (Å²) in [5.41, 5.74) is 9.86. The third kappa shape index (κ3) is 4.83. The van der Waals surface area contributed by atoms with Gasteiger partial charge in [-0.1, -0.05) is 97.1 Å². The van der Waals surface area contributed by atoms with E-state index in [4.69, 9.17) is 29.9 Å². The molecule has 9 rings (SSSR count). The van der Waals surface area contributed by atoms with Crippen LogP contribution >= 0.6 is 0 Å². The summed E-state index contributed by atoms with van der Waals surface area (Å²) in [5.74, 6) is 2.29. The minimum absolute atomic E-state index is 0.485. The van der Waals surface area contributed by atoms with Crippen LogP contribution in [0.1, 0.15) is 16.7 Å². The summed E-state index contributed by atoms with van der Waals surface area (Å²) in [7, 11) is 0. The maximum atomic E-state index is 5.30. The van der Waals surface area contributed by atoms with E-state index in [1.165, 1.54) is 5.56 Å². The van der Waals surface area contributed by atoms with E-state index in [-0.39, 0.29) is 0 Å². The molecule has 0 saturated heterocycles. The topological polar surface area (TPSA) is 98.1 Å². The lowest BCUT2D eigenvalue weighted by atomic mass is 9.90. The number of nitrogens with one attached hydrogen (secondary N) is 1. The van der Waals surface area contributed by atoms with Crippen molar-refractivity contribution in [2.24, 2.45) is 0 Å². The SMILES string of the molecule is C=CCc1cc2c3nc4nc(nc5c6ccccc6c(nc6nc(nc([nH]3)c2c(CC=C)c1CC=C)-c1ccccc1-6)n5CC=C)-c1ccccc1-4. The first-order valence-corrected chi connectivity index (χ1v) is 17.3.